The van der Waals surface area contributed by atoms with Gasteiger partial charge in [-0.3, -0.25) is 19.4 Å². The van der Waals surface area contributed by atoms with Gasteiger partial charge in [-0.25, -0.2) is 0 Å². The minimum Gasteiger partial charge on any atom is -0.480 e. The minimum absolute atomic E-state index is 0.138. The Kier molecular flexibility index (Phi) is 13.2. The number of aryl methyl sites for hydroxylation is 1. The molecule has 2 N–H and O–H groups in total. The highest BCUT2D eigenvalue weighted by Gasteiger charge is 2.25. The van der Waals surface area contributed by atoms with Crippen molar-refractivity contribution in [1.29, 1.82) is 0 Å². The number of benzene rings is 1. The maximum Gasteiger partial charge on any atom is 0.317 e. The quantitative estimate of drug-likeness (QED) is 0.470. The second-order valence-corrected chi connectivity index (χ2v) is 9.93. The highest BCUT2D eigenvalue weighted by atomic mass is 16.4. The van der Waals surface area contributed by atoms with E-state index in [1.807, 2.05) is 18.2 Å². The standard InChI is InChI=1S/C26H45N5O4/c1-27-12-14-28(2)16-18-30(19-17-29(3)15-13-27)20-24(31(21-25(32)33)22-26(34)35)11-7-10-23-8-5-4-6-9-23/h4-6,8-9,24H,7,10-22H2,1-3H3,(H,32,33)(H,34,35). The number of carboxylic acid groups (broad SMARTS) is 2. The lowest BCUT2D eigenvalue weighted by Gasteiger charge is -2.36. The first-order chi connectivity index (χ1) is 16.7. The van der Waals surface area contributed by atoms with Crippen LogP contribution in [0.5, 0.6) is 0 Å². The molecule has 1 fully saturated rings. The van der Waals surface area contributed by atoms with E-state index >= 15 is 0 Å². The van der Waals surface area contributed by atoms with Crippen molar-refractivity contribution in [2.45, 2.75) is 25.3 Å². The van der Waals surface area contributed by atoms with E-state index in [0.717, 1.165) is 71.6 Å². The molecule has 35 heavy (non-hydrogen) atoms. The van der Waals surface area contributed by atoms with Crippen LogP contribution in [-0.2, 0) is 16.0 Å². The van der Waals surface area contributed by atoms with E-state index in [4.69, 9.17) is 0 Å². The van der Waals surface area contributed by atoms with Gasteiger partial charge in [0.1, 0.15) is 0 Å². The first-order valence-corrected chi connectivity index (χ1v) is 12.7. The highest BCUT2D eigenvalue weighted by molar-refractivity contribution is 5.72. The van der Waals surface area contributed by atoms with Gasteiger partial charge in [-0.05, 0) is 46.0 Å². The Morgan fingerprint density at radius 2 is 1.26 bits per heavy atom. The van der Waals surface area contributed by atoms with Crippen molar-refractivity contribution < 1.29 is 19.8 Å². The van der Waals surface area contributed by atoms with Gasteiger partial charge >= 0.3 is 11.9 Å². The smallest absolute Gasteiger partial charge is 0.317 e. The molecule has 1 aliphatic heterocycles. The van der Waals surface area contributed by atoms with Crippen LogP contribution >= 0.6 is 0 Å². The predicted octanol–water partition coefficient (Wildman–Crippen LogP) is 0.960. The fourth-order valence-electron chi connectivity index (χ4n) is 4.47. The maximum atomic E-state index is 11.6. The molecule has 0 aliphatic carbocycles. The van der Waals surface area contributed by atoms with Crippen molar-refractivity contribution >= 4 is 11.9 Å². The Balaban J connectivity index is 2.12. The normalized spacial score (nSPS) is 19.2. The summed E-state index contributed by atoms with van der Waals surface area (Å²) in [5.74, 6) is -1.98. The third-order valence-electron chi connectivity index (χ3n) is 6.83. The van der Waals surface area contributed by atoms with Gasteiger partial charge in [-0.1, -0.05) is 30.3 Å². The average molecular weight is 492 g/mol. The molecule has 0 amide bonds. The molecule has 0 radical (unpaired) electrons. The minimum atomic E-state index is -0.989. The van der Waals surface area contributed by atoms with Crippen LogP contribution in [0.1, 0.15) is 18.4 Å². The molecule has 0 aromatic heterocycles. The summed E-state index contributed by atoms with van der Waals surface area (Å²) in [5.41, 5.74) is 1.24. The van der Waals surface area contributed by atoms with E-state index in [2.05, 4.69) is 52.9 Å². The number of likely N-dealkylation sites (N-methyl/N-ethyl adjacent to an activating group) is 3. The molecule has 1 saturated heterocycles. The summed E-state index contributed by atoms with van der Waals surface area (Å²) >= 11 is 0. The number of hydrogen-bond acceptors (Lipinski definition) is 7. The average Bonchev–Trinajstić information content (AvgIpc) is 2.81. The summed E-state index contributed by atoms with van der Waals surface area (Å²) in [7, 11) is 6.45. The van der Waals surface area contributed by atoms with Gasteiger partial charge in [0.2, 0.25) is 0 Å². The molecular weight excluding hydrogens is 446 g/mol. The molecule has 1 aromatic rings. The van der Waals surface area contributed by atoms with Crippen molar-refractivity contribution in [3.63, 3.8) is 0 Å². The van der Waals surface area contributed by atoms with Crippen LogP contribution in [0.15, 0.2) is 30.3 Å². The van der Waals surface area contributed by atoms with E-state index in [0.29, 0.717) is 6.54 Å². The summed E-state index contributed by atoms with van der Waals surface area (Å²) < 4.78 is 0. The molecule has 9 heteroatoms. The number of nitrogens with zero attached hydrogens (tertiary/aromatic N) is 5. The van der Waals surface area contributed by atoms with E-state index in [1.54, 1.807) is 4.90 Å². The molecule has 0 bridgehead atoms. The summed E-state index contributed by atoms with van der Waals surface area (Å²) in [6.45, 7) is 7.78. The lowest BCUT2D eigenvalue weighted by atomic mass is 10.0. The summed E-state index contributed by atoms with van der Waals surface area (Å²) in [4.78, 5) is 34.2. The molecule has 0 spiro atoms. The zero-order valence-corrected chi connectivity index (χ0v) is 21.8. The third-order valence-corrected chi connectivity index (χ3v) is 6.83. The van der Waals surface area contributed by atoms with Gasteiger partial charge in [0.25, 0.3) is 0 Å². The molecule has 1 aliphatic rings. The van der Waals surface area contributed by atoms with Gasteiger partial charge in [-0.2, -0.15) is 0 Å². The molecule has 198 valence electrons. The number of aliphatic carboxylic acids is 2. The molecule has 0 saturated carbocycles. The van der Waals surface area contributed by atoms with Crippen LogP contribution in [0, 0.1) is 0 Å². The Morgan fingerprint density at radius 1 is 0.800 bits per heavy atom. The van der Waals surface area contributed by atoms with Crippen molar-refractivity contribution in [1.82, 2.24) is 24.5 Å². The summed E-state index contributed by atoms with van der Waals surface area (Å²) in [6.07, 6.45) is 2.52. The maximum absolute atomic E-state index is 11.6. The largest absolute Gasteiger partial charge is 0.480 e. The summed E-state index contributed by atoms with van der Waals surface area (Å²) in [5, 5.41) is 19.0. The third kappa shape index (κ3) is 12.5. The van der Waals surface area contributed by atoms with Gasteiger partial charge in [0.05, 0.1) is 13.1 Å². The molecule has 1 atom stereocenters. The first-order valence-electron chi connectivity index (χ1n) is 12.7. The Morgan fingerprint density at radius 3 is 1.71 bits per heavy atom. The van der Waals surface area contributed by atoms with Gasteiger partial charge in [0, 0.05) is 64.9 Å². The number of rotatable bonds is 11. The van der Waals surface area contributed by atoms with E-state index in [-0.39, 0.29) is 19.1 Å². The number of carbonyl (C=O) groups is 2. The Labute approximate surface area is 210 Å². The van der Waals surface area contributed by atoms with Gasteiger partial charge < -0.3 is 24.9 Å². The Bertz CT molecular complexity index is 717. The fourth-order valence-corrected chi connectivity index (χ4v) is 4.47. The zero-order valence-electron chi connectivity index (χ0n) is 21.8. The van der Waals surface area contributed by atoms with Crippen LogP contribution in [0.4, 0.5) is 0 Å². The fraction of sp³-hybridized carbons (Fsp3) is 0.692. The lowest BCUT2D eigenvalue weighted by molar-refractivity contribution is -0.143. The SMILES string of the molecule is CN1CCN(C)CCN(CC(CCCc2ccccc2)N(CC(=O)O)CC(=O)O)CCN(C)CC1. The topological polar surface area (TPSA) is 90.8 Å². The first kappa shape index (κ1) is 29.2. The van der Waals surface area contributed by atoms with Crippen LogP contribution in [0.25, 0.3) is 0 Å². The predicted molar refractivity (Wildman–Crippen MR) is 139 cm³/mol. The molecule has 1 heterocycles. The van der Waals surface area contributed by atoms with Gasteiger partial charge in [0.15, 0.2) is 0 Å². The van der Waals surface area contributed by atoms with Crippen LogP contribution in [-0.4, -0.2) is 146 Å². The van der Waals surface area contributed by atoms with Crippen molar-refractivity contribution in [3.05, 3.63) is 35.9 Å². The van der Waals surface area contributed by atoms with Crippen LogP contribution in [0.3, 0.4) is 0 Å². The molecule has 2 rings (SSSR count). The van der Waals surface area contributed by atoms with Crippen molar-refractivity contribution in [2.75, 3.05) is 93.1 Å². The second kappa shape index (κ2) is 15.9. The Hall–Kier alpha value is -2.04. The lowest BCUT2D eigenvalue weighted by Crippen LogP contribution is -2.51. The van der Waals surface area contributed by atoms with Crippen LogP contribution < -0.4 is 0 Å². The zero-order chi connectivity index (χ0) is 25.6. The van der Waals surface area contributed by atoms with E-state index in [1.165, 1.54) is 5.56 Å². The van der Waals surface area contributed by atoms with Crippen LogP contribution in [0.2, 0.25) is 0 Å². The second-order valence-electron chi connectivity index (χ2n) is 9.93. The molecule has 9 nitrogen and oxygen atoms in total. The van der Waals surface area contributed by atoms with E-state index < -0.39 is 11.9 Å². The molecular formula is C26H45N5O4. The number of carboxylic acids is 2. The van der Waals surface area contributed by atoms with Crippen molar-refractivity contribution in [2.24, 2.45) is 0 Å². The van der Waals surface area contributed by atoms with Gasteiger partial charge in [-0.15, -0.1) is 0 Å². The molecule has 1 unspecified atom stereocenters. The summed E-state index contributed by atoms with van der Waals surface area (Å²) in [6, 6.07) is 10.1. The van der Waals surface area contributed by atoms with E-state index in [9.17, 15) is 19.8 Å². The molecule has 1 aromatic carbocycles. The highest BCUT2D eigenvalue weighted by Crippen LogP contribution is 2.14. The monoisotopic (exact) mass is 491 g/mol. The number of hydrogen-bond donors (Lipinski definition) is 2. The van der Waals surface area contributed by atoms with Crippen molar-refractivity contribution in [3.8, 4) is 0 Å².